The van der Waals surface area contributed by atoms with E-state index >= 15 is 0 Å². The average Bonchev–Trinajstić information content (AvgIpc) is 3.09. The summed E-state index contributed by atoms with van der Waals surface area (Å²) < 4.78 is 24.8. The summed E-state index contributed by atoms with van der Waals surface area (Å²) in [5, 5.41) is 9.99. The zero-order chi connectivity index (χ0) is 17.2. The second kappa shape index (κ2) is 6.37. The minimum Gasteiger partial charge on any atom is -0.325 e. The minimum absolute atomic E-state index is 0.281. The fourth-order valence-electron chi connectivity index (χ4n) is 2.96. The van der Waals surface area contributed by atoms with E-state index in [1.165, 1.54) is 0 Å². The molecule has 1 fully saturated rings. The van der Waals surface area contributed by atoms with Gasteiger partial charge in [0.1, 0.15) is 0 Å². The molecule has 1 aliphatic heterocycles. The number of hydrogen-bond donors (Lipinski definition) is 2. The third-order valence-corrected chi connectivity index (χ3v) is 6.44. The Kier molecular flexibility index (Phi) is 4.42. The van der Waals surface area contributed by atoms with Gasteiger partial charge in [0.15, 0.2) is 14.6 Å². The second-order valence-corrected chi connectivity index (χ2v) is 8.29. The van der Waals surface area contributed by atoms with Crippen molar-refractivity contribution in [1.82, 2.24) is 15.1 Å². The van der Waals surface area contributed by atoms with Gasteiger partial charge in [-0.25, -0.2) is 13.1 Å². The monoisotopic (exact) mass is 348 g/mol. The highest BCUT2D eigenvalue weighted by Crippen LogP contribution is 2.29. The van der Waals surface area contributed by atoms with Crippen LogP contribution in [0.5, 0.6) is 0 Å². The van der Waals surface area contributed by atoms with E-state index in [1.807, 2.05) is 24.4 Å². The molecule has 2 aromatic rings. The highest BCUT2D eigenvalue weighted by molar-refractivity contribution is 7.92. The summed E-state index contributed by atoms with van der Waals surface area (Å²) in [5.74, 6) is -0.460. The van der Waals surface area contributed by atoms with E-state index in [4.69, 9.17) is 0 Å². The molecule has 2 heterocycles. The van der Waals surface area contributed by atoms with E-state index in [-0.39, 0.29) is 12.8 Å². The van der Waals surface area contributed by atoms with E-state index in [9.17, 15) is 13.2 Å². The summed E-state index contributed by atoms with van der Waals surface area (Å²) in [6, 6.07) is 8.94. The third-order valence-electron chi connectivity index (χ3n) is 4.43. The van der Waals surface area contributed by atoms with Gasteiger partial charge in [-0.15, -0.1) is 0 Å². The number of carbonyl (C=O) groups excluding carboxylic acids is 1. The molecule has 128 valence electrons. The fraction of sp³-hybridized carbons (Fsp3) is 0.375. The highest BCUT2D eigenvalue weighted by atomic mass is 32.2. The Bertz CT molecular complexity index is 808. The molecule has 0 atom stereocenters. The topological polar surface area (TPSA) is 93.1 Å². The lowest BCUT2D eigenvalue weighted by molar-refractivity contribution is -0.119. The van der Waals surface area contributed by atoms with Crippen molar-refractivity contribution in [2.75, 3.05) is 24.7 Å². The Morgan fingerprint density at radius 2 is 1.92 bits per heavy atom. The van der Waals surface area contributed by atoms with Crippen LogP contribution >= 0.6 is 0 Å². The molecule has 1 saturated heterocycles. The van der Waals surface area contributed by atoms with Crippen molar-refractivity contribution in [3.63, 3.8) is 0 Å². The molecule has 0 unspecified atom stereocenters. The fourth-order valence-corrected chi connectivity index (χ4v) is 4.29. The number of amides is 1. The first kappa shape index (κ1) is 16.7. The van der Waals surface area contributed by atoms with Crippen LogP contribution in [0.1, 0.15) is 12.8 Å². The van der Waals surface area contributed by atoms with Gasteiger partial charge >= 0.3 is 0 Å². The number of hydrogen-bond acceptors (Lipinski definition) is 5. The number of carbonyl (C=O) groups is 1. The smallest absolute Gasteiger partial charge is 0.245 e. The maximum Gasteiger partial charge on any atom is 0.245 e. The molecule has 0 aliphatic carbocycles. The molecule has 0 radical (unpaired) electrons. The number of anilines is 1. The van der Waals surface area contributed by atoms with Crippen LogP contribution < -0.4 is 10.6 Å². The molecule has 0 saturated carbocycles. The van der Waals surface area contributed by atoms with Crippen molar-refractivity contribution >= 4 is 21.4 Å². The molecule has 1 amide bonds. The van der Waals surface area contributed by atoms with Gasteiger partial charge in [0.25, 0.3) is 0 Å². The summed E-state index contributed by atoms with van der Waals surface area (Å²) in [6.45, 7) is 1.03. The van der Waals surface area contributed by atoms with Crippen LogP contribution in [0.4, 0.5) is 5.69 Å². The first-order chi connectivity index (χ1) is 11.4. The van der Waals surface area contributed by atoms with Crippen LogP contribution in [0, 0.1) is 0 Å². The summed E-state index contributed by atoms with van der Waals surface area (Å²) in [4.78, 5) is 12.7. The first-order valence-electron chi connectivity index (χ1n) is 7.74. The lowest BCUT2D eigenvalue weighted by Gasteiger charge is -2.34. The predicted octanol–water partition coefficient (Wildman–Crippen LogP) is 0.978. The van der Waals surface area contributed by atoms with Crippen molar-refractivity contribution < 1.29 is 13.2 Å². The molecule has 0 spiro atoms. The average molecular weight is 348 g/mol. The van der Waals surface area contributed by atoms with Gasteiger partial charge in [-0.05, 0) is 56.3 Å². The van der Waals surface area contributed by atoms with Gasteiger partial charge in [-0.2, -0.15) is 5.10 Å². The van der Waals surface area contributed by atoms with Crippen LogP contribution in [0.25, 0.3) is 5.69 Å². The Morgan fingerprint density at radius 3 is 2.46 bits per heavy atom. The van der Waals surface area contributed by atoms with Gasteiger partial charge < -0.3 is 10.6 Å². The maximum absolute atomic E-state index is 12.7. The highest BCUT2D eigenvalue weighted by Gasteiger charge is 2.48. The summed E-state index contributed by atoms with van der Waals surface area (Å²) in [7, 11) is -3.52. The third kappa shape index (κ3) is 3.07. The molecule has 1 aromatic carbocycles. The largest absolute Gasteiger partial charge is 0.325 e. The number of aromatic nitrogens is 2. The van der Waals surface area contributed by atoms with Gasteiger partial charge in [0, 0.05) is 24.3 Å². The Labute approximate surface area is 141 Å². The van der Waals surface area contributed by atoms with Gasteiger partial charge in [-0.1, -0.05) is 0 Å². The SMILES string of the molecule is CS(=O)(=O)C1(C(=O)Nc2ccc(-n3cccn3)cc2)CCNCC1. The molecule has 3 rings (SSSR count). The number of nitrogens with zero attached hydrogens (tertiary/aromatic N) is 2. The number of rotatable bonds is 4. The number of piperidine rings is 1. The van der Waals surface area contributed by atoms with E-state index in [0.717, 1.165) is 11.9 Å². The lowest BCUT2D eigenvalue weighted by Crippen LogP contribution is -2.55. The van der Waals surface area contributed by atoms with Crippen molar-refractivity contribution in [2.24, 2.45) is 0 Å². The molecule has 7 nitrogen and oxygen atoms in total. The Morgan fingerprint density at radius 1 is 1.25 bits per heavy atom. The molecule has 8 heteroatoms. The van der Waals surface area contributed by atoms with E-state index in [0.29, 0.717) is 18.8 Å². The zero-order valence-electron chi connectivity index (χ0n) is 13.4. The quantitative estimate of drug-likeness (QED) is 0.859. The Balaban J connectivity index is 1.80. The van der Waals surface area contributed by atoms with Crippen LogP contribution in [0.3, 0.4) is 0 Å². The molecular formula is C16H20N4O3S. The normalized spacial score (nSPS) is 17.4. The van der Waals surface area contributed by atoms with Crippen molar-refractivity contribution in [3.05, 3.63) is 42.7 Å². The molecule has 24 heavy (non-hydrogen) atoms. The van der Waals surface area contributed by atoms with Crippen molar-refractivity contribution in [1.29, 1.82) is 0 Å². The van der Waals surface area contributed by atoms with E-state index in [2.05, 4.69) is 15.7 Å². The summed E-state index contributed by atoms with van der Waals surface area (Å²) >= 11 is 0. The predicted molar refractivity (Wildman–Crippen MR) is 91.9 cm³/mol. The molecule has 1 aliphatic rings. The van der Waals surface area contributed by atoms with Crippen LogP contribution in [-0.2, 0) is 14.6 Å². The minimum atomic E-state index is -3.52. The lowest BCUT2D eigenvalue weighted by atomic mass is 9.95. The van der Waals surface area contributed by atoms with Crippen molar-refractivity contribution in [3.8, 4) is 5.69 Å². The Hall–Kier alpha value is -2.19. The van der Waals surface area contributed by atoms with Crippen LogP contribution in [-0.4, -0.2) is 48.2 Å². The van der Waals surface area contributed by atoms with E-state index in [1.54, 1.807) is 23.0 Å². The maximum atomic E-state index is 12.7. The van der Waals surface area contributed by atoms with E-state index < -0.39 is 20.5 Å². The number of sulfone groups is 1. The van der Waals surface area contributed by atoms with Gasteiger partial charge in [0.05, 0.1) is 5.69 Å². The molecule has 2 N–H and O–H groups in total. The summed E-state index contributed by atoms with van der Waals surface area (Å²) in [6.07, 6.45) is 5.20. The number of nitrogens with one attached hydrogen (secondary N) is 2. The molecule has 0 bridgehead atoms. The van der Waals surface area contributed by atoms with Crippen molar-refractivity contribution in [2.45, 2.75) is 17.6 Å². The standard InChI is InChI=1S/C16H20N4O3S/c1-24(22,23)16(7-10-17-11-8-16)15(21)19-13-3-5-14(6-4-13)20-12-2-9-18-20/h2-6,9,12,17H,7-8,10-11H2,1H3,(H,19,21). The van der Waals surface area contributed by atoms with Crippen LogP contribution in [0.2, 0.25) is 0 Å². The zero-order valence-corrected chi connectivity index (χ0v) is 14.2. The summed E-state index contributed by atoms with van der Waals surface area (Å²) in [5.41, 5.74) is 1.43. The van der Waals surface area contributed by atoms with Gasteiger partial charge in [-0.3, -0.25) is 4.79 Å². The molecule has 1 aromatic heterocycles. The van der Waals surface area contributed by atoms with Crippen LogP contribution in [0.15, 0.2) is 42.7 Å². The first-order valence-corrected chi connectivity index (χ1v) is 9.63. The molecular weight excluding hydrogens is 328 g/mol. The number of benzene rings is 1. The van der Waals surface area contributed by atoms with Gasteiger partial charge in [0.2, 0.25) is 5.91 Å². The second-order valence-electron chi connectivity index (χ2n) is 5.97.